The predicted octanol–water partition coefficient (Wildman–Crippen LogP) is 5.34. The summed E-state index contributed by atoms with van der Waals surface area (Å²) in [7, 11) is -3.64. The van der Waals surface area contributed by atoms with Crippen molar-refractivity contribution in [2.45, 2.75) is 58.4 Å². The lowest BCUT2D eigenvalue weighted by molar-refractivity contribution is -0.121. The number of amides is 1. The number of hydrogen-bond acceptors (Lipinski definition) is 3. The Kier molecular flexibility index (Phi) is 8.24. The predicted molar refractivity (Wildman–Crippen MR) is 130 cm³/mol. The highest BCUT2D eigenvalue weighted by Crippen LogP contribution is 2.28. The number of carbonyl (C=O) groups is 1. The summed E-state index contributed by atoms with van der Waals surface area (Å²) >= 11 is 0. The molecule has 2 rings (SSSR count). The number of nitrogens with one attached hydrogen (secondary N) is 2. The largest absolute Gasteiger partial charge is 0.349 e. The monoisotopic (exact) mass is 460 g/mol. The number of hydrogen-bond donors (Lipinski definition) is 2. The van der Waals surface area contributed by atoms with Crippen LogP contribution in [-0.4, -0.2) is 20.6 Å². The molecule has 0 saturated heterocycles. The van der Waals surface area contributed by atoms with Crippen LogP contribution in [0.3, 0.4) is 0 Å². The van der Waals surface area contributed by atoms with Gasteiger partial charge in [0.15, 0.2) is 0 Å². The van der Waals surface area contributed by atoms with Crippen LogP contribution in [0.2, 0.25) is 0 Å². The summed E-state index contributed by atoms with van der Waals surface area (Å²) in [5.74, 6) is -0.842. The molecular formula is C25H33FN2O3S. The van der Waals surface area contributed by atoms with Crippen LogP contribution in [0.25, 0.3) is 6.08 Å². The Labute approximate surface area is 191 Å². The molecule has 0 unspecified atom stereocenters. The number of rotatable bonds is 9. The molecule has 2 aromatic carbocycles. The van der Waals surface area contributed by atoms with Gasteiger partial charge in [-0.1, -0.05) is 64.6 Å². The van der Waals surface area contributed by atoms with E-state index in [4.69, 9.17) is 0 Å². The van der Waals surface area contributed by atoms with E-state index in [0.29, 0.717) is 30.4 Å². The van der Waals surface area contributed by atoms with Gasteiger partial charge in [-0.2, -0.15) is 0 Å². The molecule has 0 saturated carbocycles. The van der Waals surface area contributed by atoms with Gasteiger partial charge in [0.25, 0.3) is 0 Å². The first kappa shape index (κ1) is 25.6. The van der Waals surface area contributed by atoms with Crippen molar-refractivity contribution in [3.63, 3.8) is 0 Å². The number of halogens is 1. The minimum atomic E-state index is -3.64. The van der Waals surface area contributed by atoms with Gasteiger partial charge in [-0.3, -0.25) is 9.52 Å². The summed E-state index contributed by atoms with van der Waals surface area (Å²) in [6, 6.07) is 10.8. The van der Waals surface area contributed by atoms with Crippen LogP contribution in [0.4, 0.5) is 10.1 Å². The van der Waals surface area contributed by atoms with Crippen molar-refractivity contribution in [2.75, 3.05) is 11.0 Å². The van der Waals surface area contributed by atoms with E-state index in [0.717, 1.165) is 11.8 Å². The summed E-state index contributed by atoms with van der Waals surface area (Å²) in [6.07, 6.45) is 3.82. The van der Waals surface area contributed by atoms with Gasteiger partial charge in [0.05, 0.1) is 18.0 Å². The highest BCUT2D eigenvalue weighted by atomic mass is 32.2. The molecule has 0 fully saturated rings. The second-order valence-electron chi connectivity index (χ2n) is 9.02. The topological polar surface area (TPSA) is 75.3 Å². The van der Waals surface area contributed by atoms with Crippen LogP contribution in [0, 0.1) is 5.82 Å². The fourth-order valence-corrected chi connectivity index (χ4v) is 4.01. The van der Waals surface area contributed by atoms with E-state index in [1.807, 2.05) is 19.1 Å². The summed E-state index contributed by atoms with van der Waals surface area (Å²) in [5, 5.41) is 2.96. The highest BCUT2D eigenvalue weighted by Gasteiger charge is 2.19. The second-order valence-corrected chi connectivity index (χ2v) is 10.8. The Morgan fingerprint density at radius 3 is 2.31 bits per heavy atom. The van der Waals surface area contributed by atoms with Crippen LogP contribution in [0.1, 0.15) is 68.8 Å². The Hall–Kier alpha value is -2.67. The van der Waals surface area contributed by atoms with Crippen molar-refractivity contribution in [3.8, 4) is 0 Å². The molecule has 0 radical (unpaired) electrons. The molecule has 5 nitrogen and oxygen atoms in total. The molecule has 1 atom stereocenters. The average Bonchev–Trinajstić information content (AvgIpc) is 2.70. The SMILES string of the molecule is C=Cc1cc([C@@H](CC)NC(=O)CCc2ccc(C(C)(C)C)cc2)cc(F)c1NS(C)(=O)=O. The van der Waals surface area contributed by atoms with E-state index < -0.39 is 21.9 Å². The van der Waals surface area contributed by atoms with Crippen molar-refractivity contribution in [1.29, 1.82) is 0 Å². The highest BCUT2D eigenvalue weighted by molar-refractivity contribution is 7.92. The zero-order valence-electron chi connectivity index (χ0n) is 19.5. The zero-order chi connectivity index (χ0) is 24.1. The zero-order valence-corrected chi connectivity index (χ0v) is 20.3. The van der Waals surface area contributed by atoms with Gasteiger partial charge in [0.2, 0.25) is 15.9 Å². The molecule has 7 heteroatoms. The minimum absolute atomic E-state index is 0.0796. The summed E-state index contributed by atoms with van der Waals surface area (Å²) in [4.78, 5) is 12.6. The van der Waals surface area contributed by atoms with Crippen LogP contribution in [0.15, 0.2) is 43.0 Å². The van der Waals surface area contributed by atoms with Crippen molar-refractivity contribution < 1.29 is 17.6 Å². The standard InChI is InChI=1S/C25H33FN2O3S/c1-7-18-15-19(16-21(26)24(18)28-32(6,30)31)22(8-2)27-23(29)14-11-17-9-12-20(13-10-17)25(3,4)5/h7,9-10,12-13,15-16,22,28H,1,8,11,14H2,2-6H3,(H,27,29)/t22-/m1/s1. The maximum atomic E-state index is 14.7. The Bertz CT molecular complexity index is 1070. The van der Waals surface area contributed by atoms with E-state index in [9.17, 15) is 17.6 Å². The van der Waals surface area contributed by atoms with E-state index >= 15 is 0 Å². The molecule has 0 aliphatic carbocycles. The third-order valence-corrected chi connectivity index (χ3v) is 5.83. The van der Waals surface area contributed by atoms with Gasteiger partial charge >= 0.3 is 0 Å². The number of aryl methyl sites for hydroxylation is 1. The molecule has 0 aliphatic rings. The van der Waals surface area contributed by atoms with Gasteiger partial charge in [0.1, 0.15) is 5.82 Å². The molecule has 1 amide bonds. The molecule has 0 aliphatic heterocycles. The number of benzene rings is 2. The van der Waals surface area contributed by atoms with Crippen LogP contribution < -0.4 is 10.0 Å². The van der Waals surface area contributed by atoms with E-state index in [-0.39, 0.29) is 17.0 Å². The van der Waals surface area contributed by atoms with Crippen molar-refractivity contribution in [2.24, 2.45) is 0 Å². The molecule has 2 aromatic rings. The molecule has 32 heavy (non-hydrogen) atoms. The molecule has 0 bridgehead atoms. The van der Waals surface area contributed by atoms with Gasteiger partial charge in [0, 0.05) is 12.0 Å². The first-order chi connectivity index (χ1) is 14.8. The molecule has 2 N–H and O–H groups in total. The minimum Gasteiger partial charge on any atom is -0.349 e. The molecule has 0 aromatic heterocycles. The van der Waals surface area contributed by atoms with E-state index in [2.05, 4.69) is 49.5 Å². The Balaban J connectivity index is 2.10. The normalized spacial score (nSPS) is 12.8. The third-order valence-electron chi connectivity index (χ3n) is 5.26. The quantitative estimate of drug-likeness (QED) is 0.531. The van der Waals surface area contributed by atoms with E-state index in [1.165, 1.54) is 17.7 Å². The first-order valence-electron chi connectivity index (χ1n) is 10.7. The molecular weight excluding hydrogens is 427 g/mol. The number of sulfonamides is 1. The lowest BCUT2D eigenvalue weighted by Crippen LogP contribution is -2.28. The second kappa shape index (κ2) is 10.3. The summed E-state index contributed by atoms with van der Waals surface area (Å²) in [6.45, 7) is 12.0. The summed E-state index contributed by atoms with van der Waals surface area (Å²) < 4.78 is 39.9. The Morgan fingerprint density at radius 1 is 1.19 bits per heavy atom. The van der Waals surface area contributed by atoms with Gasteiger partial charge in [-0.15, -0.1) is 0 Å². The van der Waals surface area contributed by atoms with E-state index in [1.54, 1.807) is 6.07 Å². The maximum absolute atomic E-state index is 14.7. The third kappa shape index (κ3) is 7.19. The van der Waals surface area contributed by atoms with Crippen LogP contribution >= 0.6 is 0 Å². The fraction of sp³-hybridized carbons (Fsp3) is 0.400. The number of anilines is 1. The maximum Gasteiger partial charge on any atom is 0.229 e. The molecule has 0 heterocycles. The fourth-order valence-electron chi connectivity index (χ4n) is 3.42. The molecule has 0 spiro atoms. The van der Waals surface area contributed by atoms with Crippen LogP contribution in [0.5, 0.6) is 0 Å². The van der Waals surface area contributed by atoms with Crippen LogP contribution in [-0.2, 0) is 26.7 Å². The first-order valence-corrected chi connectivity index (χ1v) is 12.6. The van der Waals surface area contributed by atoms with Gasteiger partial charge in [-0.05, 0) is 47.1 Å². The van der Waals surface area contributed by atoms with Crippen molar-refractivity contribution >= 4 is 27.7 Å². The smallest absolute Gasteiger partial charge is 0.229 e. The van der Waals surface area contributed by atoms with Crippen molar-refractivity contribution in [1.82, 2.24) is 5.32 Å². The lowest BCUT2D eigenvalue weighted by atomic mass is 9.86. The summed E-state index contributed by atoms with van der Waals surface area (Å²) in [5.41, 5.74) is 3.13. The Morgan fingerprint density at radius 2 is 1.81 bits per heavy atom. The average molecular weight is 461 g/mol. The lowest BCUT2D eigenvalue weighted by Gasteiger charge is -2.20. The molecule has 174 valence electrons. The van der Waals surface area contributed by atoms with Gasteiger partial charge < -0.3 is 5.32 Å². The number of carbonyl (C=O) groups excluding carboxylic acids is 1. The van der Waals surface area contributed by atoms with Crippen molar-refractivity contribution in [3.05, 3.63) is 71.0 Å². The van der Waals surface area contributed by atoms with Gasteiger partial charge in [-0.25, -0.2) is 12.8 Å².